The van der Waals surface area contributed by atoms with E-state index in [1.807, 2.05) is 24.3 Å². The summed E-state index contributed by atoms with van der Waals surface area (Å²) in [6.45, 7) is 4.75. The molecule has 1 aliphatic heterocycles. The molecule has 0 saturated carbocycles. The summed E-state index contributed by atoms with van der Waals surface area (Å²) in [5.74, 6) is 1.98. The quantitative estimate of drug-likeness (QED) is 0.902. The van der Waals surface area contributed by atoms with Gasteiger partial charge in [-0.1, -0.05) is 6.07 Å². The van der Waals surface area contributed by atoms with Gasteiger partial charge in [-0.2, -0.15) is 0 Å². The second-order valence-electron chi connectivity index (χ2n) is 4.76. The molecule has 20 heavy (non-hydrogen) atoms. The van der Waals surface area contributed by atoms with Gasteiger partial charge >= 0.3 is 0 Å². The fourth-order valence-electron chi connectivity index (χ4n) is 2.25. The van der Waals surface area contributed by atoms with Crippen LogP contribution in [0.4, 0.5) is 0 Å². The van der Waals surface area contributed by atoms with Crippen molar-refractivity contribution in [1.82, 2.24) is 20.4 Å². The summed E-state index contributed by atoms with van der Waals surface area (Å²) in [5, 5.41) is 11.6. The number of piperazine rings is 1. The molecule has 0 radical (unpaired) electrons. The maximum absolute atomic E-state index is 5.73. The number of rotatable bonds is 4. The molecule has 106 valence electrons. The molecule has 2 heterocycles. The van der Waals surface area contributed by atoms with Crippen molar-refractivity contribution in [3.05, 3.63) is 30.2 Å². The molecule has 6 heteroatoms. The Morgan fingerprint density at radius 3 is 2.95 bits per heavy atom. The van der Waals surface area contributed by atoms with E-state index in [-0.39, 0.29) is 0 Å². The number of nitrogens with one attached hydrogen (secondary N) is 1. The first kappa shape index (κ1) is 13.1. The van der Waals surface area contributed by atoms with Crippen molar-refractivity contribution in [3.8, 4) is 17.2 Å². The van der Waals surface area contributed by atoms with E-state index < -0.39 is 0 Å². The standard InChI is InChI=1S/C14H18N4O2/c1-19-12-4-2-3-11(9-12)14-17-16-13(20-14)10-18-7-5-15-6-8-18/h2-4,9,15H,5-8,10H2,1H3. The van der Waals surface area contributed by atoms with Crippen LogP contribution in [0.25, 0.3) is 11.5 Å². The number of benzene rings is 1. The third-order valence-corrected chi connectivity index (χ3v) is 3.35. The summed E-state index contributed by atoms with van der Waals surface area (Å²) in [6, 6.07) is 7.63. The SMILES string of the molecule is COc1cccc(-c2nnc(CN3CCNCC3)o2)c1. The van der Waals surface area contributed by atoms with Crippen molar-refractivity contribution >= 4 is 0 Å². The van der Waals surface area contributed by atoms with Gasteiger partial charge in [0.25, 0.3) is 0 Å². The van der Waals surface area contributed by atoms with Crippen molar-refractivity contribution < 1.29 is 9.15 Å². The lowest BCUT2D eigenvalue weighted by Crippen LogP contribution is -2.42. The molecule has 0 bridgehead atoms. The molecule has 0 atom stereocenters. The summed E-state index contributed by atoms with van der Waals surface area (Å²) in [5.41, 5.74) is 0.878. The lowest BCUT2D eigenvalue weighted by molar-refractivity contribution is 0.213. The van der Waals surface area contributed by atoms with Gasteiger partial charge in [-0.25, -0.2) is 0 Å². The normalized spacial score (nSPS) is 16.2. The van der Waals surface area contributed by atoms with Gasteiger partial charge in [0.05, 0.1) is 13.7 Å². The monoisotopic (exact) mass is 274 g/mol. The van der Waals surface area contributed by atoms with Crippen molar-refractivity contribution in [2.45, 2.75) is 6.54 Å². The highest BCUT2D eigenvalue weighted by Crippen LogP contribution is 2.22. The molecule has 6 nitrogen and oxygen atoms in total. The van der Waals surface area contributed by atoms with E-state index in [0.717, 1.165) is 37.5 Å². The van der Waals surface area contributed by atoms with Crippen LogP contribution in [0.3, 0.4) is 0 Å². The zero-order valence-corrected chi connectivity index (χ0v) is 11.5. The minimum absolute atomic E-state index is 0.536. The zero-order chi connectivity index (χ0) is 13.8. The van der Waals surface area contributed by atoms with Crippen LogP contribution < -0.4 is 10.1 Å². The Morgan fingerprint density at radius 2 is 2.15 bits per heavy atom. The Labute approximate surface area is 117 Å². The van der Waals surface area contributed by atoms with E-state index in [9.17, 15) is 0 Å². The Balaban J connectivity index is 1.72. The van der Waals surface area contributed by atoms with Crippen LogP contribution >= 0.6 is 0 Å². The van der Waals surface area contributed by atoms with Gasteiger partial charge in [-0.15, -0.1) is 10.2 Å². The fourth-order valence-corrected chi connectivity index (χ4v) is 2.25. The number of hydrogen-bond acceptors (Lipinski definition) is 6. The van der Waals surface area contributed by atoms with Gasteiger partial charge in [0, 0.05) is 31.7 Å². The fraction of sp³-hybridized carbons (Fsp3) is 0.429. The third kappa shape index (κ3) is 2.97. The average molecular weight is 274 g/mol. The van der Waals surface area contributed by atoms with Gasteiger partial charge in [0.1, 0.15) is 5.75 Å². The van der Waals surface area contributed by atoms with E-state index in [2.05, 4.69) is 20.4 Å². The molecule has 1 fully saturated rings. The maximum Gasteiger partial charge on any atom is 0.247 e. The number of ether oxygens (including phenoxy) is 1. The molecular formula is C14H18N4O2. The summed E-state index contributed by atoms with van der Waals surface area (Å²) in [7, 11) is 1.64. The lowest BCUT2D eigenvalue weighted by atomic mass is 10.2. The van der Waals surface area contributed by atoms with Crippen LogP contribution in [-0.2, 0) is 6.54 Å². The zero-order valence-electron chi connectivity index (χ0n) is 11.5. The van der Waals surface area contributed by atoms with Gasteiger partial charge in [0.15, 0.2) is 0 Å². The second kappa shape index (κ2) is 6.02. The predicted octanol–water partition coefficient (Wildman–Crippen LogP) is 1.15. The van der Waals surface area contributed by atoms with Gasteiger partial charge < -0.3 is 14.5 Å². The smallest absolute Gasteiger partial charge is 0.247 e. The highest BCUT2D eigenvalue weighted by atomic mass is 16.5. The molecule has 0 unspecified atom stereocenters. The number of aromatic nitrogens is 2. The molecule has 3 rings (SSSR count). The van der Waals surface area contributed by atoms with E-state index >= 15 is 0 Å². The van der Waals surface area contributed by atoms with Gasteiger partial charge in [-0.3, -0.25) is 4.90 Å². The third-order valence-electron chi connectivity index (χ3n) is 3.35. The number of hydrogen-bond donors (Lipinski definition) is 1. The van der Waals surface area contributed by atoms with E-state index in [0.29, 0.717) is 18.3 Å². The van der Waals surface area contributed by atoms with Gasteiger partial charge in [-0.05, 0) is 18.2 Å². The van der Waals surface area contributed by atoms with Crippen LogP contribution in [0.2, 0.25) is 0 Å². The highest BCUT2D eigenvalue weighted by Gasteiger charge is 2.15. The first-order chi connectivity index (χ1) is 9.85. The minimum atomic E-state index is 0.536. The van der Waals surface area contributed by atoms with Crippen molar-refractivity contribution in [2.75, 3.05) is 33.3 Å². The second-order valence-corrected chi connectivity index (χ2v) is 4.76. The molecule has 0 amide bonds. The number of methoxy groups -OCH3 is 1. The Bertz CT molecular complexity index is 564. The molecule has 2 aromatic rings. The molecule has 1 aromatic heterocycles. The molecule has 0 spiro atoms. The molecule has 1 aliphatic rings. The maximum atomic E-state index is 5.73. The van der Waals surface area contributed by atoms with Crippen molar-refractivity contribution in [1.29, 1.82) is 0 Å². The average Bonchev–Trinajstić information content (AvgIpc) is 2.97. The lowest BCUT2D eigenvalue weighted by Gasteiger charge is -2.25. The molecule has 1 saturated heterocycles. The van der Waals surface area contributed by atoms with Crippen LogP contribution in [0, 0.1) is 0 Å². The van der Waals surface area contributed by atoms with E-state index in [1.165, 1.54) is 0 Å². The first-order valence-electron chi connectivity index (χ1n) is 6.75. The van der Waals surface area contributed by atoms with E-state index in [1.54, 1.807) is 7.11 Å². The summed E-state index contributed by atoms with van der Waals surface area (Å²) < 4.78 is 10.9. The number of nitrogens with zero attached hydrogens (tertiary/aromatic N) is 3. The highest BCUT2D eigenvalue weighted by molar-refractivity contribution is 5.55. The largest absolute Gasteiger partial charge is 0.497 e. The molecular weight excluding hydrogens is 256 g/mol. The van der Waals surface area contributed by atoms with E-state index in [4.69, 9.17) is 9.15 Å². The van der Waals surface area contributed by atoms with Crippen molar-refractivity contribution in [3.63, 3.8) is 0 Å². The minimum Gasteiger partial charge on any atom is -0.497 e. The summed E-state index contributed by atoms with van der Waals surface area (Å²) in [6.07, 6.45) is 0. The first-order valence-corrected chi connectivity index (χ1v) is 6.75. The molecule has 1 aromatic carbocycles. The summed E-state index contributed by atoms with van der Waals surface area (Å²) in [4.78, 5) is 2.30. The Hall–Kier alpha value is -1.92. The topological polar surface area (TPSA) is 63.4 Å². The van der Waals surface area contributed by atoms with Crippen LogP contribution in [0.1, 0.15) is 5.89 Å². The predicted molar refractivity (Wildman–Crippen MR) is 74.4 cm³/mol. The van der Waals surface area contributed by atoms with Crippen molar-refractivity contribution in [2.24, 2.45) is 0 Å². The van der Waals surface area contributed by atoms with Crippen LogP contribution in [0.5, 0.6) is 5.75 Å². The summed E-state index contributed by atoms with van der Waals surface area (Å²) >= 11 is 0. The molecule has 0 aliphatic carbocycles. The Kier molecular flexibility index (Phi) is 3.94. The van der Waals surface area contributed by atoms with Crippen LogP contribution in [0.15, 0.2) is 28.7 Å². The molecule has 1 N–H and O–H groups in total. The Morgan fingerprint density at radius 1 is 1.30 bits per heavy atom. The van der Waals surface area contributed by atoms with Crippen LogP contribution in [-0.4, -0.2) is 48.4 Å². The van der Waals surface area contributed by atoms with Gasteiger partial charge in [0.2, 0.25) is 11.8 Å².